The van der Waals surface area contributed by atoms with Crippen LogP contribution in [0.1, 0.15) is 63.7 Å². The summed E-state index contributed by atoms with van der Waals surface area (Å²) in [5, 5.41) is 3.74. The Morgan fingerprint density at radius 2 is 1.60 bits per heavy atom. The van der Waals surface area contributed by atoms with E-state index in [0.717, 1.165) is 11.6 Å². The quantitative estimate of drug-likeness (QED) is 0.690. The van der Waals surface area contributed by atoms with Gasteiger partial charge < -0.3 is 0 Å². The zero-order chi connectivity index (χ0) is 15.5. The van der Waals surface area contributed by atoms with Crippen LogP contribution in [0.3, 0.4) is 0 Å². The van der Waals surface area contributed by atoms with E-state index in [0.29, 0.717) is 0 Å². The van der Waals surface area contributed by atoms with Crippen molar-refractivity contribution >= 4 is 0 Å². The molecule has 1 aliphatic rings. The first-order valence-electron chi connectivity index (χ1n) is 6.42. The molecule has 0 aliphatic heterocycles. The lowest BCUT2D eigenvalue weighted by atomic mass is 9.88. The summed E-state index contributed by atoms with van der Waals surface area (Å²) in [6, 6.07) is 0. The van der Waals surface area contributed by atoms with Gasteiger partial charge in [-0.2, -0.15) is 13.9 Å². The molecule has 0 spiro atoms. The molecule has 0 fully saturated rings. The van der Waals surface area contributed by atoms with E-state index in [4.69, 9.17) is 0 Å². The van der Waals surface area contributed by atoms with E-state index < -0.39 is 53.3 Å². The highest BCUT2D eigenvalue weighted by atomic mass is 19.3. The Hall–Kier alpha value is -1.14. The number of nitrogens with zero attached hydrogens (tertiary/aromatic N) is 2. The van der Waals surface area contributed by atoms with Gasteiger partial charge in [0.05, 0.1) is 11.1 Å². The Balaban J connectivity index is 2.84. The molecule has 0 saturated heterocycles. The van der Waals surface area contributed by atoms with Crippen molar-refractivity contribution in [3.8, 4) is 0 Å². The standard InChI is InChI=1S/C13H17F5N2/c1-7(14)9-8-10(20(19-9)11(2,3)4)13(17,18)6-5-12(8,15)16/h7H,5-6H2,1-4H3. The molecule has 1 unspecified atom stereocenters. The van der Waals surface area contributed by atoms with Crippen molar-refractivity contribution in [3.05, 3.63) is 17.0 Å². The highest BCUT2D eigenvalue weighted by molar-refractivity contribution is 5.38. The lowest BCUT2D eigenvalue weighted by Crippen LogP contribution is -2.36. The van der Waals surface area contributed by atoms with Crippen LogP contribution in [-0.4, -0.2) is 9.78 Å². The summed E-state index contributed by atoms with van der Waals surface area (Å²) in [7, 11) is 0. The Labute approximate surface area is 114 Å². The Bertz CT molecular complexity index is 526. The number of hydrogen-bond acceptors (Lipinski definition) is 1. The predicted octanol–water partition coefficient (Wildman–Crippen LogP) is 4.65. The van der Waals surface area contributed by atoms with Gasteiger partial charge in [0, 0.05) is 12.8 Å². The maximum atomic E-state index is 14.1. The van der Waals surface area contributed by atoms with Crippen LogP contribution < -0.4 is 0 Å². The van der Waals surface area contributed by atoms with Gasteiger partial charge >= 0.3 is 0 Å². The second-order valence-electron chi connectivity index (χ2n) is 6.22. The molecular formula is C13H17F5N2. The minimum Gasteiger partial charge on any atom is -0.257 e. The van der Waals surface area contributed by atoms with Crippen LogP contribution in [0.25, 0.3) is 0 Å². The summed E-state index contributed by atoms with van der Waals surface area (Å²) >= 11 is 0. The van der Waals surface area contributed by atoms with E-state index >= 15 is 0 Å². The molecule has 0 saturated carbocycles. The van der Waals surface area contributed by atoms with E-state index in [1.165, 1.54) is 0 Å². The average Bonchev–Trinajstić information content (AvgIpc) is 2.66. The van der Waals surface area contributed by atoms with Gasteiger partial charge in [0.15, 0.2) is 0 Å². The Morgan fingerprint density at radius 3 is 2.05 bits per heavy atom. The summed E-state index contributed by atoms with van der Waals surface area (Å²) in [6.07, 6.45) is -3.79. The molecule has 7 heteroatoms. The molecule has 2 rings (SSSR count). The largest absolute Gasteiger partial charge is 0.290 e. The van der Waals surface area contributed by atoms with Gasteiger partial charge in [0.1, 0.15) is 17.6 Å². The maximum absolute atomic E-state index is 14.1. The summed E-state index contributed by atoms with van der Waals surface area (Å²) in [4.78, 5) is 0. The maximum Gasteiger partial charge on any atom is 0.290 e. The lowest BCUT2D eigenvalue weighted by molar-refractivity contribution is -0.102. The minimum absolute atomic E-state index is 0.584. The van der Waals surface area contributed by atoms with E-state index in [1.807, 2.05) is 0 Å². The Kier molecular flexibility index (Phi) is 3.19. The van der Waals surface area contributed by atoms with Crippen LogP contribution in [0.2, 0.25) is 0 Å². The first-order chi connectivity index (χ1) is 8.88. The fraction of sp³-hybridized carbons (Fsp3) is 0.769. The fourth-order valence-corrected chi connectivity index (χ4v) is 2.45. The predicted molar refractivity (Wildman–Crippen MR) is 63.8 cm³/mol. The number of halogens is 5. The van der Waals surface area contributed by atoms with Crippen molar-refractivity contribution in [3.63, 3.8) is 0 Å². The van der Waals surface area contributed by atoms with Crippen molar-refractivity contribution in [2.45, 2.75) is 64.1 Å². The van der Waals surface area contributed by atoms with Gasteiger partial charge in [-0.3, -0.25) is 4.68 Å². The van der Waals surface area contributed by atoms with Crippen LogP contribution in [0.4, 0.5) is 22.0 Å². The van der Waals surface area contributed by atoms with E-state index in [9.17, 15) is 22.0 Å². The lowest BCUT2D eigenvalue weighted by Gasteiger charge is -2.32. The topological polar surface area (TPSA) is 17.8 Å². The first kappa shape index (κ1) is 15.3. The van der Waals surface area contributed by atoms with Gasteiger partial charge in [-0.25, -0.2) is 13.2 Å². The molecule has 0 bridgehead atoms. The first-order valence-corrected chi connectivity index (χ1v) is 6.42. The molecule has 114 valence electrons. The Morgan fingerprint density at radius 1 is 1.10 bits per heavy atom. The molecule has 1 heterocycles. The van der Waals surface area contributed by atoms with Gasteiger partial charge in [0.2, 0.25) is 0 Å². The zero-order valence-electron chi connectivity index (χ0n) is 11.8. The number of hydrogen-bond donors (Lipinski definition) is 0. The third kappa shape index (κ3) is 2.20. The zero-order valence-corrected chi connectivity index (χ0v) is 11.8. The summed E-state index contributed by atoms with van der Waals surface area (Å²) in [5.74, 6) is -6.90. The number of aromatic nitrogens is 2. The number of alkyl halides is 5. The van der Waals surface area contributed by atoms with E-state index in [2.05, 4.69) is 5.10 Å². The molecule has 1 atom stereocenters. The summed E-state index contributed by atoms with van der Waals surface area (Å²) in [5.41, 5.74) is -3.30. The number of fused-ring (bicyclic) bond motifs is 1. The molecule has 0 aromatic carbocycles. The molecule has 1 aromatic rings. The van der Waals surface area contributed by atoms with Crippen molar-refractivity contribution in [1.29, 1.82) is 0 Å². The number of rotatable bonds is 1. The summed E-state index contributed by atoms with van der Waals surface area (Å²) < 4.78 is 70.6. The third-order valence-corrected chi connectivity index (χ3v) is 3.39. The molecule has 2 nitrogen and oxygen atoms in total. The second kappa shape index (κ2) is 4.18. The summed E-state index contributed by atoms with van der Waals surface area (Å²) in [6.45, 7) is 5.72. The van der Waals surface area contributed by atoms with Gasteiger partial charge in [-0.1, -0.05) is 0 Å². The minimum atomic E-state index is -3.48. The van der Waals surface area contributed by atoms with Crippen molar-refractivity contribution < 1.29 is 22.0 Å². The van der Waals surface area contributed by atoms with Crippen molar-refractivity contribution in [2.24, 2.45) is 0 Å². The highest BCUT2D eigenvalue weighted by Gasteiger charge is 2.55. The van der Waals surface area contributed by atoms with Crippen LogP contribution in [-0.2, 0) is 17.4 Å². The molecule has 0 amide bonds. The molecule has 1 aliphatic carbocycles. The SMILES string of the molecule is CC(F)c1nn(C(C)(C)C)c2c1C(F)(F)CCC2(F)F. The van der Waals surface area contributed by atoms with Crippen molar-refractivity contribution in [2.75, 3.05) is 0 Å². The van der Waals surface area contributed by atoms with Crippen LogP contribution in [0, 0.1) is 0 Å². The molecule has 1 aromatic heterocycles. The smallest absolute Gasteiger partial charge is 0.257 e. The molecular weight excluding hydrogens is 279 g/mol. The highest BCUT2D eigenvalue weighted by Crippen LogP contribution is 2.52. The van der Waals surface area contributed by atoms with Gasteiger partial charge in [-0.05, 0) is 27.7 Å². The molecule has 0 radical (unpaired) electrons. The van der Waals surface area contributed by atoms with Gasteiger partial charge in [-0.15, -0.1) is 0 Å². The van der Waals surface area contributed by atoms with Crippen LogP contribution in [0.5, 0.6) is 0 Å². The molecule has 20 heavy (non-hydrogen) atoms. The van der Waals surface area contributed by atoms with E-state index in [-0.39, 0.29) is 0 Å². The fourth-order valence-electron chi connectivity index (χ4n) is 2.45. The third-order valence-electron chi connectivity index (χ3n) is 3.39. The second-order valence-corrected chi connectivity index (χ2v) is 6.22. The monoisotopic (exact) mass is 296 g/mol. The van der Waals surface area contributed by atoms with Crippen LogP contribution in [0.15, 0.2) is 0 Å². The van der Waals surface area contributed by atoms with Gasteiger partial charge in [0.25, 0.3) is 11.8 Å². The average molecular weight is 296 g/mol. The van der Waals surface area contributed by atoms with Crippen molar-refractivity contribution in [1.82, 2.24) is 9.78 Å². The van der Waals surface area contributed by atoms with Crippen LogP contribution >= 0.6 is 0 Å². The molecule has 0 N–H and O–H groups in total. The normalized spacial score (nSPS) is 22.4. The van der Waals surface area contributed by atoms with E-state index in [1.54, 1.807) is 20.8 Å².